The van der Waals surface area contributed by atoms with Gasteiger partial charge in [0.25, 0.3) is 0 Å². The zero-order chi connectivity index (χ0) is 16.4. The molecular formula is C17H24N4OS. The van der Waals surface area contributed by atoms with E-state index in [1.54, 1.807) is 18.3 Å². The van der Waals surface area contributed by atoms with Crippen LogP contribution in [0.2, 0.25) is 0 Å². The van der Waals surface area contributed by atoms with Gasteiger partial charge < -0.3 is 10.3 Å². The number of H-pyrrole nitrogens is 1. The van der Waals surface area contributed by atoms with E-state index in [2.05, 4.69) is 27.5 Å². The van der Waals surface area contributed by atoms with E-state index in [-0.39, 0.29) is 5.78 Å². The number of thiazole rings is 1. The average molecular weight is 332 g/mol. The van der Waals surface area contributed by atoms with Crippen LogP contribution in [-0.4, -0.2) is 46.8 Å². The van der Waals surface area contributed by atoms with E-state index < -0.39 is 0 Å². The van der Waals surface area contributed by atoms with Gasteiger partial charge in [-0.3, -0.25) is 9.69 Å². The van der Waals surface area contributed by atoms with Crippen LogP contribution in [0.25, 0.3) is 11.4 Å². The van der Waals surface area contributed by atoms with Crippen LogP contribution in [0.4, 0.5) is 0 Å². The molecule has 124 valence electrons. The Hall–Kier alpha value is -1.50. The van der Waals surface area contributed by atoms with E-state index in [4.69, 9.17) is 4.98 Å². The summed E-state index contributed by atoms with van der Waals surface area (Å²) < 4.78 is 0. The first-order valence-electron chi connectivity index (χ1n) is 8.20. The van der Waals surface area contributed by atoms with Crippen molar-refractivity contribution in [3.05, 3.63) is 27.2 Å². The number of ketones is 1. The number of aromatic amines is 1. The van der Waals surface area contributed by atoms with E-state index in [0.29, 0.717) is 0 Å². The van der Waals surface area contributed by atoms with E-state index in [9.17, 15) is 4.79 Å². The number of carbonyl (C=O) groups is 1. The molecule has 1 aliphatic heterocycles. The van der Waals surface area contributed by atoms with E-state index >= 15 is 0 Å². The number of aryl methyl sites for hydroxylation is 1. The Bertz CT molecular complexity index is 698. The Balaban J connectivity index is 1.85. The molecule has 0 aromatic carbocycles. The van der Waals surface area contributed by atoms with E-state index in [0.717, 1.165) is 72.4 Å². The molecule has 3 rings (SSSR count). The minimum atomic E-state index is 0.123. The Labute approximate surface area is 141 Å². The third-order valence-corrected chi connectivity index (χ3v) is 5.21. The van der Waals surface area contributed by atoms with Crippen LogP contribution in [0.5, 0.6) is 0 Å². The summed E-state index contributed by atoms with van der Waals surface area (Å²) in [5.41, 5.74) is 4.85. The molecule has 3 heterocycles. The summed E-state index contributed by atoms with van der Waals surface area (Å²) in [4.78, 5) is 22.5. The molecule has 2 aromatic heterocycles. The van der Waals surface area contributed by atoms with Crippen molar-refractivity contribution < 1.29 is 4.79 Å². The summed E-state index contributed by atoms with van der Waals surface area (Å²) in [6.45, 7) is 10.9. The van der Waals surface area contributed by atoms with Crippen LogP contribution in [0.15, 0.2) is 5.38 Å². The Morgan fingerprint density at radius 3 is 2.78 bits per heavy atom. The number of nitrogens with zero attached hydrogens (tertiary/aromatic N) is 2. The van der Waals surface area contributed by atoms with Crippen molar-refractivity contribution in [2.24, 2.45) is 0 Å². The molecule has 6 heteroatoms. The molecule has 23 heavy (non-hydrogen) atoms. The fourth-order valence-electron chi connectivity index (χ4n) is 3.28. The number of rotatable bonds is 5. The number of piperazine rings is 1. The molecular weight excluding hydrogens is 308 g/mol. The quantitative estimate of drug-likeness (QED) is 0.826. The number of nitrogens with one attached hydrogen (secondary N) is 2. The third-order valence-electron chi connectivity index (χ3n) is 4.37. The highest BCUT2D eigenvalue weighted by atomic mass is 32.1. The standard InChI is InChI=1S/C17H24N4OS/c1-4-13-16(12(3)22)11(2)19-17(13)14-10-23-15(20-14)9-21-7-5-18-6-8-21/h10,18-19H,4-9H2,1-3H3. The Kier molecular flexibility index (Phi) is 4.94. The fourth-order valence-corrected chi connectivity index (χ4v) is 4.11. The van der Waals surface area contributed by atoms with Gasteiger partial charge in [0.15, 0.2) is 5.78 Å². The van der Waals surface area contributed by atoms with Gasteiger partial charge in [-0.05, 0) is 25.8 Å². The molecule has 0 unspecified atom stereocenters. The molecule has 1 fully saturated rings. The van der Waals surface area contributed by atoms with Crippen molar-refractivity contribution in [2.45, 2.75) is 33.7 Å². The minimum Gasteiger partial charge on any atom is -0.356 e. The van der Waals surface area contributed by atoms with Gasteiger partial charge in [0.2, 0.25) is 0 Å². The number of Topliss-reactive ketones (excluding diaryl/α,β-unsaturated/α-hetero) is 1. The highest BCUT2D eigenvalue weighted by Gasteiger charge is 2.20. The van der Waals surface area contributed by atoms with Gasteiger partial charge in [0, 0.05) is 42.8 Å². The van der Waals surface area contributed by atoms with Crippen molar-refractivity contribution >= 4 is 17.1 Å². The summed E-state index contributed by atoms with van der Waals surface area (Å²) in [7, 11) is 0. The summed E-state index contributed by atoms with van der Waals surface area (Å²) in [5, 5.41) is 6.61. The zero-order valence-corrected chi connectivity index (χ0v) is 14.8. The average Bonchev–Trinajstić information content (AvgIpc) is 3.12. The second-order valence-corrected chi connectivity index (χ2v) is 6.98. The molecule has 0 amide bonds. The van der Waals surface area contributed by atoms with Crippen molar-refractivity contribution in [1.29, 1.82) is 0 Å². The minimum absolute atomic E-state index is 0.123. The Morgan fingerprint density at radius 2 is 2.13 bits per heavy atom. The monoisotopic (exact) mass is 332 g/mol. The molecule has 1 saturated heterocycles. The van der Waals surface area contributed by atoms with Crippen LogP contribution >= 0.6 is 11.3 Å². The highest BCUT2D eigenvalue weighted by Crippen LogP contribution is 2.30. The van der Waals surface area contributed by atoms with Crippen molar-refractivity contribution in [3.8, 4) is 11.4 Å². The van der Waals surface area contributed by atoms with E-state index in [1.807, 2.05) is 6.92 Å². The second-order valence-electron chi connectivity index (χ2n) is 6.04. The maximum absolute atomic E-state index is 11.9. The number of hydrogen-bond acceptors (Lipinski definition) is 5. The van der Waals surface area contributed by atoms with Gasteiger partial charge in [-0.15, -0.1) is 11.3 Å². The van der Waals surface area contributed by atoms with Crippen LogP contribution in [0, 0.1) is 6.92 Å². The SMILES string of the molecule is CCc1c(-c2csc(CN3CCNCC3)n2)[nH]c(C)c1C(C)=O. The van der Waals surface area contributed by atoms with Crippen molar-refractivity contribution in [2.75, 3.05) is 26.2 Å². The van der Waals surface area contributed by atoms with Gasteiger partial charge in [-0.1, -0.05) is 6.92 Å². The molecule has 1 aliphatic rings. The smallest absolute Gasteiger partial charge is 0.161 e. The van der Waals surface area contributed by atoms with Gasteiger partial charge >= 0.3 is 0 Å². The number of carbonyl (C=O) groups excluding carboxylic acids is 1. The molecule has 0 bridgehead atoms. The van der Waals surface area contributed by atoms with Gasteiger partial charge in [0.1, 0.15) is 5.01 Å². The largest absolute Gasteiger partial charge is 0.356 e. The van der Waals surface area contributed by atoms with Crippen LogP contribution < -0.4 is 5.32 Å². The molecule has 2 aromatic rings. The van der Waals surface area contributed by atoms with Crippen LogP contribution in [0.3, 0.4) is 0 Å². The maximum atomic E-state index is 11.9. The molecule has 0 saturated carbocycles. The van der Waals surface area contributed by atoms with Crippen molar-refractivity contribution in [3.63, 3.8) is 0 Å². The summed E-state index contributed by atoms with van der Waals surface area (Å²) >= 11 is 1.70. The highest BCUT2D eigenvalue weighted by molar-refractivity contribution is 7.09. The zero-order valence-electron chi connectivity index (χ0n) is 14.0. The molecule has 0 aliphatic carbocycles. The molecule has 0 atom stereocenters. The van der Waals surface area contributed by atoms with Crippen LogP contribution in [0.1, 0.15) is 40.5 Å². The lowest BCUT2D eigenvalue weighted by Gasteiger charge is -2.26. The number of aromatic nitrogens is 2. The van der Waals surface area contributed by atoms with Gasteiger partial charge in [0.05, 0.1) is 17.9 Å². The van der Waals surface area contributed by atoms with Gasteiger partial charge in [-0.2, -0.15) is 0 Å². The van der Waals surface area contributed by atoms with E-state index in [1.165, 1.54) is 0 Å². The van der Waals surface area contributed by atoms with Crippen molar-refractivity contribution in [1.82, 2.24) is 20.2 Å². The third kappa shape index (κ3) is 3.39. The van der Waals surface area contributed by atoms with Crippen LogP contribution in [-0.2, 0) is 13.0 Å². The maximum Gasteiger partial charge on any atom is 0.161 e. The van der Waals surface area contributed by atoms with Gasteiger partial charge in [-0.25, -0.2) is 4.98 Å². The topological polar surface area (TPSA) is 61.0 Å². The lowest BCUT2D eigenvalue weighted by Crippen LogP contribution is -2.42. The molecule has 2 N–H and O–H groups in total. The molecule has 0 spiro atoms. The summed E-state index contributed by atoms with van der Waals surface area (Å²) in [6.07, 6.45) is 0.833. The lowest BCUT2D eigenvalue weighted by molar-refractivity contribution is 0.101. The first kappa shape index (κ1) is 16.4. The molecule has 0 radical (unpaired) electrons. The summed E-state index contributed by atoms with van der Waals surface area (Å²) in [5.74, 6) is 0.123. The predicted octanol–water partition coefficient (Wildman–Crippen LogP) is 2.62. The molecule has 5 nitrogen and oxygen atoms in total. The predicted molar refractivity (Wildman–Crippen MR) is 94.2 cm³/mol. The fraction of sp³-hybridized carbons (Fsp3) is 0.529. The summed E-state index contributed by atoms with van der Waals surface area (Å²) in [6, 6.07) is 0. The first-order valence-corrected chi connectivity index (χ1v) is 9.08. The number of hydrogen-bond donors (Lipinski definition) is 2. The second kappa shape index (κ2) is 6.95. The Morgan fingerprint density at radius 1 is 1.39 bits per heavy atom. The first-order chi connectivity index (χ1) is 11.1. The lowest BCUT2D eigenvalue weighted by atomic mass is 10.0. The normalized spacial score (nSPS) is 16.0.